The lowest BCUT2D eigenvalue weighted by molar-refractivity contribution is 0.782. The largest absolute Gasteiger partial charge is 0.383 e. The highest BCUT2D eigenvalue weighted by Gasteiger charge is 2.19. The molecule has 0 saturated heterocycles. The Hall–Kier alpha value is -1.41. The zero-order valence-corrected chi connectivity index (χ0v) is 15.0. The smallest absolute Gasteiger partial charge is 0.129 e. The molecule has 0 aliphatic carbocycles. The van der Waals surface area contributed by atoms with Crippen molar-refractivity contribution in [3.05, 3.63) is 50.8 Å². The van der Waals surface area contributed by atoms with Gasteiger partial charge in [-0.1, -0.05) is 22.0 Å². The minimum absolute atomic E-state index is 0.633. The van der Waals surface area contributed by atoms with Gasteiger partial charge >= 0.3 is 0 Å². The number of anilines is 1. The highest BCUT2D eigenvalue weighted by atomic mass is 127. The summed E-state index contributed by atoms with van der Waals surface area (Å²) in [6.45, 7) is 0. The van der Waals surface area contributed by atoms with E-state index in [0.29, 0.717) is 5.82 Å². The molecule has 0 spiro atoms. The van der Waals surface area contributed by atoms with Crippen LogP contribution >= 0.6 is 38.5 Å². The second-order valence-corrected chi connectivity index (χ2v) is 6.68. The maximum atomic E-state index is 6.22. The van der Waals surface area contributed by atoms with Gasteiger partial charge in [-0.25, -0.2) is 0 Å². The number of aryl methyl sites for hydroxylation is 1. The van der Waals surface area contributed by atoms with Crippen LogP contribution in [0.2, 0.25) is 0 Å². The van der Waals surface area contributed by atoms with Crippen LogP contribution in [-0.4, -0.2) is 14.8 Å². The zero-order valence-electron chi connectivity index (χ0n) is 11.2. The number of pyridine rings is 1. The van der Waals surface area contributed by atoms with Crippen molar-refractivity contribution in [2.75, 3.05) is 5.73 Å². The van der Waals surface area contributed by atoms with E-state index in [9.17, 15) is 0 Å². The third kappa shape index (κ3) is 2.69. The Morgan fingerprint density at radius 2 is 2.10 bits per heavy atom. The molecular weight excluding hydrogens is 443 g/mol. The average Bonchev–Trinajstić information content (AvgIpc) is 2.78. The average molecular weight is 455 g/mol. The van der Waals surface area contributed by atoms with Gasteiger partial charge in [-0.05, 0) is 46.9 Å². The van der Waals surface area contributed by atoms with Crippen molar-refractivity contribution in [1.29, 1.82) is 0 Å². The van der Waals surface area contributed by atoms with Crippen molar-refractivity contribution < 1.29 is 0 Å². The number of hydrogen-bond donors (Lipinski definition) is 1. The van der Waals surface area contributed by atoms with Crippen molar-refractivity contribution in [2.45, 2.75) is 0 Å². The Morgan fingerprint density at radius 1 is 1.29 bits per heavy atom. The molecule has 0 bridgehead atoms. The van der Waals surface area contributed by atoms with Gasteiger partial charge in [0.05, 0.1) is 5.56 Å². The first-order valence-electron chi connectivity index (χ1n) is 6.26. The summed E-state index contributed by atoms with van der Waals surface area (Å²) in [5.74, 6) is 0.633. The Kier molecular flexibility index (Phi) is 3.99. The van der Waals surface area contributed by atoms with E-state index in [4.69, 9.17) is 5.73 Å². The van der Waals surface area contributed by atoms with E-state index in [1.807, 2.05) is 31.4 Å². The van der Waals surface area contributed by atoms with E-state index in [1.165, 1.54) is 0 Å². The van der Waals surface area contributed by atoms with E-state index in [0.717, 1.165) is 30.4 Å². The molecule has 2 heterocycles. The molecule has 0 amide bonds. The molecule has 4 nitrogen and oxygen atoms in total. The molecule has 0 aliphatic heterocycles. The minimum Gasteiger partial charge on any atom is -0.383 e. The summed E-state index contributed by atoms with van der Waals surface area (Å²) in [7, 11) is 1.85. The van der Waals surface area contributed by atoms with Gasteiger partial charge in [0, 0.05) is 38.6 Å². The van der Waals surface area contributed by atoms with E-state index >= 15 is 0 Å². The molecule has 0 saturated carbocycles. The number of halogens is 2. The van der Waals surface area contributed by atoms with Gasteiger partial charge in [-0.3, -0.25) is 9.67 Å². The number of aromatic nitrogens is 3. The summed E-state index contributed by atoms with van der Waals surface area (Å²) in [5, 5.41) is 4.60. The number of hydrogen-bond acceptors (Lipinski definition) is 3. The third-order valence-corrected chi connectivity index (χ3v) is 4.66. The topological polar surface area (TPSA) is 56.7 Å². The van der Waals surface area contributed by atoms with Gasteiger partial charge in [-0.15, -0.1) is 0 Å². The maximum absolute atomic E-state index is 6.22. The van der Waals surface area contributed by atoms with Crippen molar-refractivity contribution in [3.8, 4) is 22.4 Å². The first kappa shape index (κ1) is 14.5. The van der Waals surface area contributed by atoms with Crippen LogP contribution in [0, 0.1) is 3.57 Å². The molecule has 0 radical (unpaired) electrons. The number of rotatable bonds is 2. The first-order chi connectivity index (χ1) is 10.1. The fraction of sp³-hybridized carbons (Fsp3) is 0.0667. The first-order valence-corrected chi connectivity index (χ1v) is 8.13. The highest BCUT2D eigenvalue weighted by molar-refractivity contribution is 14.1. The Bertz CT molecular complexity index is 799. The Labute approximate surface area is 144 Å². The van der Waals surface area contributed by atoms with Gasteiger partial charge in [0.2, 0.25) is 0 Å². The second-order valence-electron chi connectivity index (χ2n) is 4.60. The van der Waals surface area contributed by atoms with Crippen LogP contribution in [0.25, 0.3) is 22.4 Å². The van der Waals surface area contributed by atoms with E-state index < -0.39 is 0 Å². The summed E-state index contributed by atoms with van der Waals surface area (Å²) in [5.41, 5.74) is 10.0. The molecule has 0 aliphatic rings. The summed E-state index contributed by atoms with van der Waals surface area (Å²) in [4.78, 5) is 4.18. The molecular formula is C15H12BrIN4. The zero-order chi connectivity index (χ0) is 15.0. The summed E-state index contributed by atoms with van der Waals surface area (Å²) in [6.07, 6.45) is 3.56. The number of nitrogens with two attached hydrogens (primary N) is 1. The molecule has 1 aromatic carbocycles. The fourth-order valence-electron chi connectivity index (χ4n) is 2.20. The van der Waals surface area contributed by atoms with E-state index in [1.54, 1.807) is 10.9 Å². The molecule has 2 N–H and O–H groups in total. The Balaban J connectivity index is 2.29. The third-order valence-electron chi connectivity index (χ3n) is 3.23. The number of nitrogen functional groups attached to an aromatic ring is 1. The van der Waals surface area contributed by atoms with Crippen molar-refractivity contribution in [1.82, 2.24) is 14.8 Å². The van der Waals surface area contributed by atoms with Gasteiger partial charge in [0.25, 0.3) is 0 Å². The van der Waals surface area contributed by atoms with Crippen LogP contribution in [-0.2, 0) is 7.05 Å². The lowest BCUT2D eigenvalue weighted by Crippen LogP contribution is -1.98. The van der Waals surface area contributed by atoms with Crippen LogP contribution < -0.4 is 5.73 Å². The summed E-state index contributed by atoms with van der Waals surface area (Å²) in [6, 6.07) is 10.0. The minimum atomic E-state index is 0.633. The van der Waals surface area contributed by atoms with Crippen molar-refractivity contribution in [3.63, 3.8) is 0 Å². The molecule has 6 heteroatoms. The van der Waals surface area contributed by atoms with E-state index in [-0.39, 0.29) is 0 Å². The SMILES string of the molecule is Cn1nc(-c2cc(Br)ccc2I)c(-c2cccnc2)c1N. The molecule has 0 fully saturated rings. The quantitative estimate of drug-likeness (QED) is 0.593. The van der Waals surface area contributed by atoms with Gasteiger partial charge < -0.3 is 5.73 Å². The van der Waals surface area contributed by atoms with Crippen LogP contribution in [0.3, 0.4) is 0 Å². The molecule has 106 valence electrons. The second kappa shape index (κ2) is 5.76. The predicted molar refractivity (Wildman–Crippen MR) is 96.7 cm³/mol. The number of benzene rings is 1. The molecule has 0 unspecified atom stereocenters. The van der Waals surface area contributed by atoms with Gasteiger partial charge in [0.1, 0.15) is 11.5 Å². The lowest BCUT2D eigenvalue weighted by atomic mass is 10.0. The normalized spacial score (nSPS) is 10.8. The number of nitrogens with zero attached hydrogens (tertiary/aromatic N) is 3. The highest BCUT2D eigenvalue weighted by Crippen LogP contribution is 2.38. The van der Waals surface area contributed by atoms with Crippen LogP contribution in [0.5, 0.6) is 0 Å². The van der Waals surface area contributed by atoms with Crippen LogP contribution in [0.15, 0.2) is 47.2 Å². The van der Waals surface area contributed by atoms with Crippen molar-refractivity contribution >= 4 is 44.3 Å². The summed E-state index contributed by atoms with van der Waals surface area (Å²) < 4.78 is 3.84. The van der Waals surface area contributed by atoms with Crippen molar-refractivity contribution in [2.24, 2.45) is 7.05 Å². The van der Waals surface area contributed by atoms with Gasteiger partial charge in [-0.2, -0.15) is 5.10 Å². The predicted octanol–water partition coefficient (Wildman–Crippen LogP) is 4.10. The molecule has 2 aromatic heterocycles. The standard InChI is InChI=1S/C15H12BrIN4/c1-21-15(18)13(9-3-2-6-19-8-9)14(20-21)11-7-10(16)4-5-12(11)17/h2-8H,18H2,1H3. The molecule has 0 atom stereocenters. The monoisotopic (exact) mass is 454 g/mol. The lowest BCUT2D eigenvalue weighted by Gasteiger charge is -2.06. The van der Waals surface area contributed by atoms with Gasteiger partial charge in [0.15, 0.2) is 0 Å². The Morgan fingerprint density at radius 3 is 2.81 bits per heavy atom. The molecule has 3 rings (SSSR count). The van der Waals surface area contributed by atoms with Crippen LogP contribution in [0.1, 0.15) is 0 Å². The molecule has 3 aromatic rings. The maximum Gasteiger partial charge on any atom is 0.129 e. The molecule has 21 heavy (non-hydrogen) atoms. The van der Waals surface area contributed by atoms with Crippen LogP contribution in [0.4, 0.5) is 5.82 Å². The fourth-order valence-corrected chi connectivity index (χ4v) is 3.15. The summed E-state index contributed by atoms with van der Waals surface area (Å²) >= 11 is 5.83. The van der Waals surface area contributed by atoms with E-state index in [2.05, 4.69) is 60.7 Å².